The summed E-state index contributed by atoms with van der Waals surface area (Å²) in [7, 11) is 0. The van der Waals surface area contributed by atoms with Crippen molar-refractivity contribution in [1.82, 2.24) is 0 Å². The second-order valence-corrected chi connectivity index (χ2v) is 9.07. The maximum absolute atomic E-state index is 13.6. The molecule has 4 aromatic carbocycles. The van der Waals surface area contributed by atoms with Gasteiger partial charge in [0.2, 0.25) is 0 Å². The minimum atomic E-state index is -1.26. The van der Waals surface area contributed by atoms with Gasteiger partial charge in [-0.05, 0) is 49.7 Å². The number of carboxylic acids is 1. The summed E-state index contributed by atoms with van der Waals surface area (Å²) >= 11 is 5.96. The SMILES string of the molecule is Cc1ccc(N2C(=O)c3cccc4c(Nc5ccc(Cl)c(C(=O)O)c5)c([N+](=O)[O-])cc(c34)C2=O)c(C)c1. The van der Waals surface area contributed by atoms with E-state index in [0.29, 0.717) is 11.3 Å². The molecule has 0 spiro atoms. The molecule has 2 amide bonds. The van der Waals surface area contributed by atoms with E-state index >= 15 is 0 Å². The van der Waals surface area contributed by atoms with Gasteiger partial charge in [0.15, 0.2) is 0 Å². The molecule has 9 nitrogen and oxygen atoms in total. The van der Waals surface area contributed by atoms with Gasteiger partial charge in [0.25, 0.3) is 17.5 Å². The molecule has 1 heterocycles. The molecule has 0 bridgehead atoms. The van der Waals surface area contributed by atoms with Crippen molar-refractivity contribution in [3.8, 4) is 0 Å². The topological polar surface area (TPSA) is 130 Å². The molecule has 0 fully saturated rings. The van der Waals surface area contributed by atoms with E-state index in [1.807, 2.05) is 13.0 Å². The van der Waals surface area contributed by atoms with Crippen LogP contribution in [0.3, 0.4) is 0 Å². The number of nitro groups is 1. The maximum Gasteiger partial charge on any atom is 0.337 e. The molecule has 2 N–H and O–H groups in total. The molecule has 0 radical (unpaired) electrons. The predicted molar refractivity (Wildman–Crippen MR) is 139 cm³/mol. The summed E-state index contributed by atoms with van der Waals surface area (Å²) in [6, 6.07) is 15.3. The Morgan fingerprint density at radius 2 is 1.73 bits per heavy atom. The van der Waals surface area contributed by atoms with Gasteiger partial charge in [-0.1, -0.05) is 41.4 Å². The van der Waals surface area contributed by atoms with Crippen LogP contribution in [0.1, 0.15) is 42.2 Å². The highest BCUT2D eigenvalue weighted by atomic mass is 35.5. The van der Waals surface area contributed by atoms with Gasteiger partial charge >= 0.3 is 5.97 Å². The van der Waals surface area contributed by atoms with Gasteiger partial charge in [-0.15, -0.1) is 0 Å². The van der Waals surface area contributed by atoms with E-state index in [9.17, 15) is 29.6 Å². The number of amides is 2. The Kier molecular flexibility index (Phi) is 5.65. The van der Waals surface area contributed by atoms with Crippen molar-refractivity contribution in [1.29, 1.82) is 0 Å². The number of rotatable bonds is 5. The van der Waals surface area contributed by atoms with Crippen molar-refractivity contribution >= 4 is 62.9 Å². The molecule has 0 saturated heterocycles. The molecule has 0 unspecified atom stereocenters. The summed E-state index contributed by atoms with van der Waals surface area (Å²) in [6.07, 6.45) is 0. The van der Waals surface area contributed by atoms with Crippen LogP contribution in [-0.4, -0.2) is 27.8 Å². The average Bonchev–Trinajstić information content (AvgIpc) is 2.85. The molecule has 1 aliphatic rings. The molecule has 0 aromatic heterocycles. The lowest BCUT2D eigenvalue weighted by Gasteiger charge is -2.29. The highest BCUT2D eigenvalue weighted by Crippen LogP contribution is 2.43. The van der Waals surface area contributed by atoms with E-state index < -0.39 is 28.4 Å². The van der Waals surface area contributed by atoms with Crippen LogP contribution in [-0.2, 0) is 0 Å². The van der Waals surface area contributed by atoms with E-state index in [-0.39, 0.29) is 43.9 Å². The van der Waals surface area contributed by atoms with E-state index in [2.05, 4.69) is 5.32 Å². The lowest BCUT2D eigenvalue weighted by Crippen LogP contribution is -2.41. The van der Waals surface area contributed by atoms with Crippen molar-refractivity contribution in [2.75, 3.05) is 10.2 Å². The van der Waals surface area contributed by atoms with Crippen LogP contribution in [0.2, 0.25) is 5.02 Å². The standard InChI is InChI=1S/C27H18ClN3O6/c1-13-6-9-21(14(2)10-13)30-25(32)17-5-3-4-16-23(17)19(26(30)33)12-22(31(36)37)24(16)29-15-7-8-20(28)18(11-15)27(34)35/h3-12,29H,1-2H3,(H,34,35). The fourth-order valence-corrected chi connectivity index (χ4v) is 4.81. The third-order valence-electron chi connectivity index (χ3n) is 6.26. The van der Waals surface area contributed by atoms with E-state index in [1.165, 1.54) is 18.2 Å². The molecule has 0 atom stereocenters. The summed E-state index contributed by atoms with van der Waals surface area (Å²) in [4.78, 5) is 51.3. The minimum Gasteiger partial charge on any atom is -0.478 e. The number of carboxylic acid groups (broad SMARTS) is 1. The number of nitro benzene ring substituents is 1. The summed E-state index contributed by atoms with van der Waals surface area (Å²) in [5, 5.41) is 25.0. The van der Waals surface area contributed by atoms with Crippen LogP contribution in [0.4, 0.5) is 22.7 Å². The molecular formula is C27H18ClN3O6. The van der Waals surface area contributed by atoms with Crippen molar-refractivity contribution in [2.45, 2.75) is 13.8 Å². The number of carbonyl (C=O) groups is 3. The third-order valence-corrected chi connectivity index (χ3v) is 6.59. The van der Waals surface area contributed by atoms with Crippen molar-refractivity contribution in [2.24, 2.45) is 0 Å². The van der Waals surface area contributed by atoms with Gasteiger partial charge in [-0.3, -0.25) is 19.7 Å². The number of imide groups is 1. The summed E-state index contributed by atoms with van der Waals surface area (Å²) in [5.74, 6) is -2.48. The first-order chi connectivity index (χ1) is 17.6. The lowest BCUT2D eigenvalue weighted by molar-refractivity contribution is -0.383. The number of anilines is 3. The Bertz CT molecular complexity index is 1700. The zero-order chi connectivity index (χ0) is 26.6. The summed E-state index contributed by atoms with van der Waals surface area (Å²) in [5.41, 5.74) is 1.96. The van der Waals surface area contributed by atoms with Crippen LogP contribution in [0.5, 0.6) is 0 Å². The Hall–Kier alpha value is -4.76. The van der Waals surface area contributed by atoms with Crippen LogP contribution in [0, 0.1) is 24.0 Å². The zero-order valence-electron chi connectivity index (χ0n) is 19.5. The molecule has 10 heteroatoms. The molecule has 0 aliphatic carbocycles. The molecule has 184 valence electrons. The monoisotopic (exact) mass is 515 g/mol. The highest BCUT2D eigenvalue weighted by Gasteiger charge is 2.37. The number of nitrogens with one attached hydrogen (secondary N) is 1. The largest absolute Gasteiger partial charge is 0.478 e. The Morgan fingerprint density at radius 3 is 2.41 bits per heavy atom. The van der Waals surface area contributed by atoms with Gasteiger partial charge < -0.3 is 10.4 Å². The lowest BCUT2D eigenvalue weighted by atomic mass is 9.91. The number of aromatic carboxylic acids is 1. The second-order valence-electron chi connectivity index (χ2n) is 8.66. The first-order valence-corrected chi connectivity index (χ1v) is 11.5. The number of nitrogens with zero attached hydrogens (tertiary/aromatic N) is 2. The van der Waals surface area contributed by atoms with Crippen LogP contribution < -0.4 is 10.2 Å². The fraction of sp³-hybridized carbons (Fsp3) is 0.0741. The maximum atomic E-state index is 13.6. The number of carbonyl (C=O) groups excluding carboxylic acids is 2. The van der Waals surface area contributed by atoms with Gasteiger partial charge in [0, 0.05) is 28.1 Å². The predicted octanol–water partition coefficient (Wildman–Crippen LogP) is 6.26. The summed E-state index contributed by atoms with van der Waals surface area (Å²) < 4.78 is 0. The molecular weight excluding hydrogens is 498 g/mol. The minimum absolute atomic E-state index is 0.00660. The van der Waals surface area contributed by atoms with Crippen molar-refractivity contribution < 1.29 is 24.4 Å². The molecule has 4 aromatic rings. The number of aryl methyl sites for hydroxylation is 2. The molecule has 0 saturated carbocycles. The zero-order valence-corrected chi connectivity index (χ0v) is 20.3. The van der Waals surface area contributed by atoms with Gasteiger partial charge in [0.05, 0.1) is 26.8 Å². The first-order valence-electron chi connectivity index (χ1n) is 11.1. The van der Waals surface area contributed by atoms with Crippen LogP contribution >= 0.6 is 11.6 Å². The normalized spacial score (nSPS) is 12.7. The number of benzene rings is 4. The van der Waals surface area contributed by atoms with E-state index in [0.717, 1.165) is 16.5 Å². The van der Waals surface area contributed by atoms with E-state index in [1.54, 1.807) is 37.3 Å². The highest BCUT2D eigenvalue weighted by molar-refractivity contribution is 6.37. The quantitative estimate of drug-likeness (QED) is 0.182. The van der Waals surface area contributed by atoms with Gasteiger partial charge in [-0.2, -0.15) is 0 Å². The van der Waals surface area contributed by atoms with Gasteiger partial charge in [0.1, 0.15) is 5.69 Å². The number of hydrogen-bond acceptors (Lipinski definition) is 6. The Balaban J connectivity index is 1.73. The second kappa shape index (κ2) is 8.72. The summed E-state index contributed by atoms with van der Waals surface area (Å²) in [6.45, 7) is 3.68. The van der Waals surface area contributed by atoms with Gasteiger partial charge in [-0.25, -0.2) is 9.69 Å². The fourth-order valence-electron chi connectivity index (χ4n) is 4.61. The molecule has 1 aliphatic heterocycles. The number of hydrogen-bond donors (Lipinski definition) is 2. The van der Waals surface area contributed by atoms with Crippen LogP contribution in [0.15, 0.2) is 60.7 Å². The Labute approximate surface area is 215 Å². The van der Waals surface area contributed by atoms with Crippen molar-refractivity contribution in [3.05, 3.63) is 104 Å². The molecule has 37 heavy (non-hydrogen) atoms. The Morgan fingerprint density at radius 1 is 1.00 bits per heavy atom. The third kappa shape index (κ3) is 3.85. The average molecular weight is 516 g/mol. The first kappa shape index (κ1) is 24.0. The van der Waals surface area contributed by atoms with E-state index in [4.69, 9.17) is 11.6 Å². The van der Waals surface area contributed by atoms with Crippen LogP contribution in [0.25, 0.3) is 10.8 Å². The number of halogens is 1. The smallest absolute Gasteiger partial charge is 0.337 e. The molecule has 5 rings (SSSR count). The van der Waals surface area contributed by atoms with Crippen molar-refractivity contribution in [3.63, 3.8) is 0 Å².